The van der Waals surface area contributed by atoms with E-state index in [1.165, 1.54) is 30.0 Å². The summed E-state index contributed by atoms with van der Waals surface area (Å²) in [4.78, 5) is 24.4. The molecule has 1 aliphatic heterocycles. The van der Waals surface area contributed by atoms with E-state index in [4.69, 9.17) is 4.74 Å². The van der Waals surface area contributed by atoms with Gasteiger partial charge in [0, 0.05) is 11.4 Å². The summed E-state index contributed by atoms with van der Waals surface area (Å²) in [7, 11) is 0. The molecule has 1 heterocycles. The molecule has 0 saturated carbocycles. The molecule has 0 aromatic rings. The van der Waals surface area contributed by atoms with Crippen LogP contribution in [0.2, 0.25) is 0 Å². The van der Waals surface area contributed by atoms with E-state index in [0.29, 0.717) is 23.0 Å². The van der Waals surface area contributed by atoms with E-state index in [9.17, 15) is 19.1 Å². The summed E-state index contributed by atoms with van der Waals surface area (Å²) in [5.74, 6) is -0.881. The van der Waals surface area contributed by atoms with E-state index >= 15 is 0 Å². The summed E-state index contributed by atoms with van der Waals surface area (Å²) in [5.41, 5.74) is -1.40. The Labute approximate surface area is 138 Å². The van der Waals surface area contributed by atoms with Gasteiger partial charge >= 0.3 is 5.97 Å². The Morgan fingerprint density at radius 1 is 1.52 bits per heavy atom. The monoisotopic (exact) mass is 341 g/mol. The lowest BCUT2D eigenvalue weighted by atomic mass is 9.71. The number of ether oxygens (including phenoxy) is 1. The highest BCUT2D eigenvalue weighted by atomic mass is 32.2. The van der Waals surface area contributed by atoms with Gasteiger partial charge < -0.3 is 15.2 Å². The Morgan fingerprint density at radius 2 is 2.22 bits per heavy atom. The van der Waals surface area contributed by atoms with E-state index < -0.39 is 23.5 Å². The van der Waals surface area contributed by atoms with Gasteiger partial charge in [-0.1, -0.05) is 13.8 Å². The van der Waals surface area contributed by atoms with Crippen molar-refractivity contribution in [2.45, 2.75) is 26.9 Å². The lowest BCUT2D eigenvalue weighted by Crippen LogP contribution is -2.45. The number of carbonyl (C=O) groups excluding carboxylic acids is 1. The average Bonchev–Trinajstić information content (AvgIpc) is 2.48. The van der Waals surface area contributed by atoms with Crippen molar-refractivity contribution in [3.05, 3.63) is 34.6 Å². The first-order chi connectivity index (χ1) is 10.8. The summed E-state index contributed by atoms with van der Waals surface area (Å²) in [6, 6.07) is 0. The van der Waals surface area contributed by atoms with Gasteiger partial charge in [0.05, 0.1) is 6.61 Å². The predicted octanol–water partition coefficient (Wildman–Crippen LogP) is 2.62. The van der Waals surface area contributed by atoms with Gasteiger partial charge in [-0.15, -0.1) is 11.8 Å². The highest BCUT2D eigenvalue weighted by molar-refractivity contribution is 8.04. The minimum absolute atomic E-state index is 0.284. The lowest BCUT2D eigenvalue weighted by Gasteiger charge is -2.35. The molecule has 2 atom stereocenters. The predicted molar refractivity (Wildman–Crippen MR) is 86.3 cm³/mol. The molecule has 1 amide bonds. The van der Waals surface area contributed by atoms with Crippen LogP contribution in [0.3, 0.4) is 0 Å². The molecule has 1 aliphatic carbocycles. The maximum atomic E-state index is 14.3. The molecule has 2 aliphatic rings. The molecular formula is C16H20FNO4S. The number of thioether (sulfide) groups is 1. The van der Waals surface area contributed by atoms with E-state index in [1.807, 2.05) is 0 Å². The van der Waals surface area contributed by atoms with Crippen molar-refractivity contribution in [3.63, 3.8) is 0 Å². The Bertz CT molecular complexity index is 611. The van der Waals surface area contributed by atoms with Crippen molar-refractivity contribution in [2.24, 2.45) is 11.3 Å². The maximum Gasteiger partial charge on any atom is 0.317 e. The van der Waals surface area contributed by atoms with Crippen LogP contribution < -0.4 is 5.32 Å². The number of amides is 1. The van der Waals surface area contributed by atoms with E-state index in [0.717, 1.165) is 0 Å². The molecule has 7 heteroatoms. The van der Waals surface area contributed by atoms with Crippen LogP contribution in [0.25, 0.3) is 0 Å². The Hall–Kier alpha value is -1.76. The topological polar surface area (TPSA) is 75.6 Å². The second kappa shape index (κ2) is 6.78. The van der Waals surface area contributed by atoms with Crippen molar-refractivity contribution in [1.29, 1.82) is 0 Å². The molecule has 23 heavy (non-hydrogen) atoms. The van der Waals surface area contributed by atoms with Crippen molar-refractivity contribution in [2.75, 3.05) is 12.4 Å². The number of hydrogen-bond donors (Lipinski definition) is 2. The fourth-order valence-electron chi connectivity index (χ4n) is 2.64. The molecule has 126 valence electrons. The summed E-state index contributed by atoms with van der Waals surface area (Å²) in [5, 5.41) is 12.2. The number of allylic oxidation sites excluding steroid dienone is 3. The summed E-state index contributed by atoms with van der Waals surface area (Å²) >= 11 is 1.38. The van der Waals surface area contributed by atoms with Crippen molar-refractivity contribution in [3.8, 4) is 0 Å². The molecular weight excluding hydrogens is 321 g/mol. The number of alkyl halides is 1. The number of hydrogen-bond acceptors (Lipinski definition) is 4. The van der Waals surface area contributed by atoms with E-state index in [-0.39, 0.29) is 11.6 Å². The molecule has 2 rings (SSSR count). The number of carboxylic acids is 1. The molecule has 0 spiro atoms. The van der Waals surface area contributed by atoms with Gasteiger partial charge in [-0.25, -0.2) is 4.39 Å². The Morgan fingerprint density at radius 3 is 2.78 bits per heavy atom. The first kappa shape index (κ1) is 17.6. The number of aliphatic carboxylic acids is 1. The third-order valence-electron chi connectivity index (χ3n) is 4.05. The minimum Gasteiger partial charge on any atom is -0.496 e. The second-order valence-corrected chi connectivity index (χ2v) is 6.89. The molecule has 2 unspecified atom stereocenters. The molecule has 5 nitrogen and oxygen atoms in total. The molecule has 0 aromatic heterocycles. The van der Waals surface area contributed by atoms with Crippen molar-refractivity contribution < 1.29 is 23.8 Å². The maximum absolute atomic E-state index is 14.3. The van der Waals surface area contributed by atoms with Gasteiger partial charge in [-0.05, 0) is 31.1 Å². The van der Waals surface area contributed by atoms with Crippen LogP contribution in [0.5, 0.6) is 0 Å². The number of carboxylic acid groups (broad SMARTS) is 1. The van der Waals surface area contributed by atoms with Crippen LogP contribution >= 0.6 is 11.8 Å². The molecule has 0 radical (unpaired) electrons. The van der Waals surface area contributed by atoms with Gasteiger partial charge in [0.2, 0.25) is 0 Å². The third kappa shape index (κ3) is 3.29. The van der Waals surface area contributed by atoms with Crippen LogP contribution in [-0.4, -0.2) is 35.5 Å². The molecule has 0 aromatic carbocycles. The summed E-state index contributed by atoms with van der Waals surface area (Å²) in [6.07, 6.45) is 2.23. The number of rotatable bonds is 4. The zero-order valence-corrected chi connectivity index (χ0v) is 14.1. The van der Waals surface area contributed by atoms with Crippen LogP contribution in [-0.2, 0) is 14.3 Å². The molecule has 0 fully saturated rings. The highest BCUT2D eigenvalue weighted by Crippen LogP contribution is 2.40. The number of carbonyl (C=O) groups is 2. The van der Waals surface area contributed by atoms with Gasteiger partial charge in [0.15, 0.2) is 0 Å². The summed E-state index contributed by atoms with van der Waals surface area (Å²) in [6.45, 7) is 5.55. The second-order valence-electron chi connectivity index (χ2n) is 5.79. The minimum atomic E-state index is -1.68. The first-order valence-electron chi connectivity index (χ1n) is 7.35. The quantitative estimate of drug-likeness (QED) is 0.822. The lowest BCUT2D eigenvalue weighted by molar-refractivity contribution is -0.151. The molecule has 0 bridgehead atoms. The SMILES string of the molecule is CC1=C(C(=O)NC2=CC(C(=O)O)(C(C)C)C(F)C=C2)SCCO1. The van der Waals surface area contributed by atoms with E-state index in [2.05, 4.69) is 5.32 Å². The van der Waals surface area contributed by atoms with E-state index in [1.54, 1.807) is 20.8 Å². The fraction of sp³-hybridized carbons (Fsp3) is 0.500. The Balaban J connectivity index is 2.28. The van der Waals surface area contributed by atoms with Gasteiger partial charge in [0.25, 0.3) is 5.91 Å². The zero-order valence-electron chi connectivity index (χ0n) is 13.3. The highest BCUT2D eigenvalue weighted by Gasteiger charge is 2.48. The van der Waals surface area contributed by atoms with Gasteiger partial charge in [-0.2, -0.15) is 0 Å². The van der Waals surface area contributed by atoms with Crippen LogP contribution in [0.1, 0.15) is 20.8 Å². The van der Waals surface area contributed by atoms with Gasteiger partial charge in [-0.3, -0.25) is 9.59 Å². The summed E-state index contributed by atoms with van der Waals surface area (Å²) < 4.78 is 19.6. The standard InChI is InChI=1S/C16H20FNO4S/c1-9(2)16(15(20)21)8-11(4-5-12(16)17)18-14(19)13-10(3)22-6-7-23-13/h4-5,8-9,12H,6-7H2,1-3H3,(H,18,19)(H,20,21). The van der Waals surface area contributed by atoms with Crippen molar-refractivity contribution in [1.82, 2.24) is 5.32 Å². The number of nitrogens with one attached hydrogen (secondary N) is 1. The molecule has 0 saturated heterocycles. The average molecular weight is 341 g/mol. The number of halogens is 1. The van der Waals surface area contributed by atoms with Gasteiger partial charge in [0.1, 0.15) is 22.3 Å². The third-order valence-corrected chi connectivity index (χ3v) is 5.19. The molecule has 2 N–H and O–H groups in total. The zero-order chi connectivity index (χ0) is 17.2. The normalized spacial score (nSPS) is 27.5. The fourth-order valence-corrected chi connectivity index (χ4v) is 3.46. The first-order valence-corrected chi connectivity index (χ1v) is 8.34. The van der Waals surface area contributed by atoms with Crippen molar-refractivity contribution >= 4 is 23.6 Å². The van der Waals surface area contributed by atoms with Crippen LogP contribution in [0.4, 0.5) is 4.39 Å². The van der Waals surface area contributed by atoms with Crippen LogP contribution in [0, 0.1) is 11.3 Å². The Kier molecular flexibility index (Phi) is 5.19. The largest absolute Gasteiger partial charge is 0.496 e. The smallest absolute Gasteiger partial charge is 0.317 e. The van der Waals surface area contributed by atoms with Crippen LogP contribution in [0.15, 0.2) is 34.6 Å².